The van der Waals surface area contributed by atoms with Gasteiger partial charge >= 0.3 is 5.97 Å². The topological polar surface area (TPSA) is 46.5 Å². The third-order valence-corrected chi connectivity index (χ3v) is 3.21. The predicted octanol–water partition coefficient (Wildman–Crippen LogP) is 0.320. The van der Waals surface area contributed by atoms with Crippen LogP contribution in [0.1, 0.15) is 19.8 Å². The second kappa shape index (κ2) is 1.97. The molecule has 0 amide bonds. The number of rotatable bonds is 1. The van der Waals surface area contributed by atoms with Crippen LogP contribution in [0.15, 0.2) is 0 Å². The Kier molecular flexibility index (Phi) is 1.27. The molecular weight excluding hydrogens is 144 g/mol. The van der Waals surface area contributed by atoms with Gasteiger partial charge < -0.3 is 9.84 Å². The number of hydrogen-bond donors (Lipinski definition) is 1. The first-order chi connectivity index (χ1) is 5.18. The molecule has 2 fully saturated rings. The van der Waals surface area contributed by atoms with Gasteiger partial charge in [0.1, 0.15) is 6.10 Å². The normalized spacial score (nSPS) is 48.0. The highest BCUT2D eigenvalue weighted by molar-refractivity contribution is 5.77. The molecular formula is C8H12O3. The van der Waals surface area contributed by atoms with E-state index in [0.717, 1.165) is 12.8 Å². The summed E-state index contributed by atoms with van der Waals surface area (Å²) in [6.45, 7) is 1.99. The van der Waals surface area contributed by atoms with E-state index in [0.29, 0.717) is 0 Å². The minimum atomic E-state index is -0.242. The molecule has 3 heteroatoms. The second-order valence-corrected chi connectivity index (χ2v) is 3.71. The van der Waals surface area contributed by atoms with E-state index in [-0.39, 0.29) is 30.0 Å². The van der Waals surface area contributed by atoms with Gasteiger partial charge in [0.2, 0.25) is 0 Å². The standard InChI is InChI=1S/C8H12O3/c1-8-3-2-5(8)7(10)11-6(8)4-9/h5-6,9H,2-4H2,1H3/t5-,6+,8-/m0/s1. The van der Waals surface area contributed by atoms with Crippen molar-refractivity contribution >= 4 is 5.97 Å². The van der Waals surface area contributed by atoms with Crippen LogP contribution in [0.3, 0.4) is 0 Å². The molecule has 3 atom stereocenters. The van der Waals surface area contributed by atoms with Crippen LogP contribution < -0.4 is 0 Å². The molecule has 0 aromatic carbocycles. The van der Waals surface area contributed by atoms with E-state index < -0.39 is 0 Å². The van der Waals surface area contributed by atoms with Crippen molar-refractivity contribution in [2.45, 2.75) is 25.9 Å². The van der Waals surface area contributed by atoms with Gasteiger partial charge in [-0.1, -0.05) is 6.92 Å². The van der Waals surface area contributed by atoms with Crippen LogP contribution >= 0.6 is 0 Å². The average molecular weight is 156 g/mol. The molecule has 1 saturated carbocycles. The molecule has 0 aromatic rings. The van der Waals surface area contributed by atoms with Crippen LogP contribution in [-0.2, 0) is 9.53 Å². The highest BCUT2D eigenvalue weighted by atomic mass is 16.6. The van der Waals surface area contributed by atoms with Crippen LogP contribution in [0.25, 0.3) is 0 Å². The number of aliphatic hydroxyl groups excluding tert-OH is 1. The number of hydrogen-bond acceptors (Lipinski definition) is 3. The van der Waals surface area contributed by atoms with Crippen molar-refractivity contribution in [2.24, 2.45) is 11.3 Å². The molecule has 62 valence electrons. The summed E-state index contributed by atoms with van der Waals surface area (Å²) in [6, 6.07) is 0. The fraction of sp³-hybridized carbons (Fsp3) is 0.875. The summed E-state index contributed by atoms with van der Waals surface area (Å²) in [5.41, 5.74) is -0.0498. The summed E-state index contributed by atoms with van der Waals surface area (Å²) in [6.07, 6.45) is 1.70. The number of cyclic esters (lactones) is 1. The quantitative estimate of drug-likeness (QED) is 0.556. The van der Waals surface area contributed by atoms with Crippen LogP contribution in [-0.4, -0.2) is 23.8 Å². The molecule has 1 N–H and O–H groups in total. The van der Waals surface area contributed by atoms with Gasteiger partial charge in [0.05, 0.1) is 12.5 Å². The molecule has 1 saturated heterocycles. The van der Waals surface area contributed by atoms with E-state index in [9.17, 15) is 4.79 Å². The lowest BCUT2D eigenvalue weighted by Crippen LogP contribution is -2.43. The third-order valence-electron chi connectivity index (χ3n) is 3.21. The summed E-state index contributed by atoms with van der Waals surface area (Å²) in [7, 11) is 0. The van der Waals surface area contributed by atoms with Crippen molar-refractivity contribution in [3.05, 3.63) is 0 Å². The Morgan fingerprint density at radius 3 is 2.82 bits per heavy atom. The van der Waals surface area contributed by atoms with Gasteiger partial charge in [-0.05, 0) is 12.8 Å². The number of aliphatic hydroxyl groups is 1. The molecule has 1 heterocycles. The van der Waals surface area contributed by atoms with Crippen LogP contribution in [0, 0.1) is 11.3 Å². The summed E-state index contributed by atoms with van der Waals surface area (Å²) in [5, 5.41) is 8.89. The van der Waals surface area contributed by atoms with Crippen molar-refractivity contribution in [1.82, 2.24) is 0 Å². The van der Waals surface area contributed by atoms with Crippen LogP contribution in [0.2, 0.25) is 0 Å². The molecule has 1 aliphatic carbocycles. The van der Waals surface area contributed by atoms with E-state index in [1.165, 1.54) is 0 Å². The van der Waals surface area contributed by atoms with Crippen molar-refractivity contribution in [3.8, 4) is 0 Å². The van der Waals surface area contributed by atoms with Crippen molar-refractivity contribution < 1.29 is 14.6 Å². The van der Waals surface area contributed by atoms with Gasteiger partial charge in [-0.2, -0.15) is 0 Å². The zero-order valence-corrected chi connectivity index (χ0v) is 6.54. The van der Waals surface area contributed by atoms with Gasteiger partial charge in [0.15, 0.2) is 0 Å². The zero-order chi connectivity index (χ0) is 8.06. The number of esters is 1. The molecule has 3 nitrogen and oxygen atoms in total. The van der Waals surface area contributed by atoms with Crippen molar-refractivity contribution in [2.75, 3.05) is 6.61 Å². The fourth-order valence-corrected chi connectivity index (χ4v) is 2.12. The lowest BCUT2D eigenvalue weighted by Gasteiger charge is -2.40. The monoisotopic (exact) mass is 156 g/mol. The molecule has 0 bridgehead atoms. The minimum Gasteiger partial charge on any atom is -0.459 e. The SMILES string of the molecule is C[C@]12CC[C@H]1C(=O)O[C@@H]2CO. The third kappa shape index (κ3) is 0.692. The van der Waals surface area contributed by atoms with Gasteiger partial charge in [-0.3, -0.25) is 4.79 Å². The Hall–Kier alpha value is -0.570. The molecule has 0 spiro atoms. The Morgan fingerprint density at radius 2 is 2.55 bits per heavy atom. The van der Waals surface area contributed by atoms with Gasteiger partial charge in [0.25, 0.3) is 0 Å². The molecule has 2 aliphatic rings. The highest BCUT2D eigenvalue weighted by Gasteiger charge is 2.59. The smallest absolute Gasteiger partial charge is 0.310 e. The maximum atomic E-state index is 11.1. The maximum Gasteiger partial charge on any atom is 0.310 e. The molecule has 0 radical (unpaired) electrons. The summed E-state index contributed by atoms with van der Waals surface area (Å²) >= 11 is 0. The lowest BCUT2D eigenvalue weighted by atomic mass is 9.60. The first-order valence-corrected chi connectivity index (χ1v) is 4.00. The molecule has 11 heavy (non-hydrogen) atoms. The van der Waals surface area contributed by atoms with Crippen molar-refractivity contribution in [1.29, 1.82) is 0 Å². The maximum absolute atomic E-state index is 11.1. The molecule has 1 aliphatic heterocycles. The Labute approximate surface area is 65.4 Å². The molecule has 2 rings (SSSR count). The van der Waals surface area contributed by atoms with Crippen LogP contribution in [0.4, 0.5) is 0 Å². The van der Waals surface area contributed by atoms with E-state index in [2.05, 4.69) is 0 Å². The summed E-state index contributed by atoms with van der Waals surface area (Å²) < 4.78 is 5.01. The Balaban J connectivity index is 2.22. The molecule has 0 unspecified atom stereocenters. The summed E-state index contributed by atoms with van der Waals surface area (Å²) in [4.78, 5) is 11.1. The van der Waals surface area contributed by atoms with E-state index >= 15 is 0 Å². The minimum absolute atomic E-state index is 0.0290. The summed E-state index contributed by atoms with van der Waals surface area (Å²) in [5.74, 6) is -0.0440. The van der Waals surface area contributed by atoms with Crippen molar-refractivity contribution in [3.63, 3.8) is 0 Å². The highest BCUT2D eigenvalue weighted by Crippen LogP contribution is 2.54. The Morgan fingerprint density at radius 1 is 1.82 bits per heavy atom. The Bertz CT molecular complexity index is 202. The van der Waals surface area contributed by atoms with E-state index in [1.807, 2.05) is 6.92 Å². The number of carbonyl (C=O) groups excluding carboxylic acids is 1. The zero-order valence-electron chi connectivity index (χ0n) is 6.54. The molecule has 0 aromatic heterocycles. The first kappa shape index (κ1) is 7.10. The van der Waals surface area contributed by atoms with Crippen LogP contribution in [0.5, 0.6) is 0 Å². The van der Waals surface area contributed by atoms with Gasteiger partial charge in [-0.25, -0.2) is 0 Å². The van der Waals surface area contributed by atoms with E-state index in [4.69, 9.17) is 9.84 Å². The predicted molar refractivity (Wildman–Crippen MR) is 37.8 cm³/mol. The van der Waals surface area contributed by atoms with Gasteiger partial charge in [-0.15, -0.1) is 0 Å². The largest absolute Gasteiger partial charge is 0.459 e. The number of fused-ring (bicyclic) bond motifs is 1. The lowest BCUT2D eigenvalue weighted by molar-refractivity contribution is -0.145. The van der Waals surface area contributed by atoms with E-state index in [1.54, 1.807) is 0 Å². The second-order valence-electron chi connectivity index (χ2n) is 3.71. The number of ether oxygens (including phenoxy) is 1. The first-order valence-electron chi connectivity index (χ1n) is 4.00. The average Bonchev–Trinajstić information content (AvgIpc) is 2.10. The fourth-order valence-electron chi connectivity index (χ4n) is 2.12. The number of carbonyl (C=O) groups is 1. The van der Waals surface area contributed by atoms with Gasteiger partial charge in [0, 0.05) is 5.41 Å².